The molecule has 0 amide bonds. The van der Waals surface area contributed by atoms with E-state index in [2.05, 4.69) is 15.6 Å². The highest BCUT2D eigenvalue weighted by Crippen LogP contribution is 2.22. The molecular formula is C18H27F4IN4. The van der Waals surface area contributed by atoms with E-state index in [1.807, 2.05) is 13.0 Å². The van der Waals surface area contributed by atoms with Gasteiger partial charge in [-0.2, -0.15) is 13.2 Å². The maximum absolute atomic E-state index is 13.2. The lowest BCUT2D eigenvalue weighted by Gasteiger charge is -2.17. The first-order chi connectivity index (χ1) is 12.4. The number of likely N-dealkylation sites (tertiary alicyclic amines) is 1. The van der Waals surface area contributed by atoms with Crippen LogP contribution in [-0.2, 0) is 6.42 Å². The summed E-state index contributed by atoms with van der Waals surface area (Å²) < 4.78 is 50.5. The third-order valence-corrected chi connectivity index (χ3v) is 4.22. The highest BCUT2D eigenvalue weighted by molar-refractivity contribution is 14.0. The first-order valence-corrected chi connectivity index (χ1v) is 8.91. The minimum Gasteiger partial charge on any atom is -0.357 e. The van der Waals surface area contributed by atoms with E-state index in [0.717, 1.165) is 12.0 Å². The van der Waals surface area contributed by atoms with Gasteiger partial charge in [-0.05, 0) is 49.9 Å². The van der Waals surface area contributed by atoms with E-state index in [1.165, 1.54) is 17.0 Å². The molecule has 1 saturated heterocycles. The SMILES string of the molecule is CCNC(=NCC1CCN(CC(F)(F)F)C1)NCCc1cccc(F)c1.I. The molecule has 0 aliphatic carbocycles. The Kier molecular flexibility index (Phi) is 10.4. The van der Waals surface area contributed by atoms with Crippen molar-refractivity contribution in [1.82, 2.24) is 15.5 Å². The number of nitrogens with one attached hydrogen (secondary N) is 2. The molecule has 27 heavy (non-hydrogen) atoms. The highest BCUT2D eigenvalue weighted by atomic mass is 127. The van der Waals surface area contributed by atoms with E-state index in [1.54, 1.807) is 6.07 Å². The topological polar surface area (TPSA) is 39.7 Å². The van der Waals surface area contributed by atoms with Crippen molar-refractivity contribution in [3.8, 4) is 0 Å². The normalized spacial score (nSPS) is 18.3. The van der Waals surface area contributed by atoms with Crippen LogP contribution in [0.2, 0.25) is 0 Å². The second kappa shape index (κ2) is 11.7. The summed E-state index contributed by atoms with van der Waals surface area (Å²) >= 11 is 0. The van der Waals surface area contributed by atoms with E-state index < -0.39 is 12.7 Å². The van der Waals surface area contributed by atoms with Gasteiger partial charge in [-0.25, -0.2) is 4.39 Å². The first-order valence-electron chi connectivity index (χ1n) is 8.91. The van der Waals surface area contributed by atoms with Crippen LogP contribution in [0.5, 0.6) is 0 Å². The average Bonchev–Trinajstić information content (AvgIpc) is 2.98. The summed E-state index contributed by atoms with van der Waals surface area (Å²) in [5.74, 6) is 0.516. The second-order valence-corrected chi connectivity index (χ2v) is 6.53. The molecule has 0 spiro atoms. The number of benzene rings is 1. The van der Waals surface area contributed by atoms with Gasteiger partial charge in [0.25, 0.3) is 0 Å². The van der Waals surface area contributed by atoms with Gasteiger partial charge in [0.15, 0.2) is 5.96 Å². The molecule has 4 nitrogen and oxygen atoms in total. The van der Waals surface area contributed by atoms with Gasteiger partial charge in [-0.1, -0.05) is 12.1 Å². The predicted molar refractivity (Wildman–Crippen MR) is 110 cm³/mol. The molecule has 9 heteroatoms. The Balaban J connectivity index is 0.00000364. The molecule has 1 aromatic carbocycles. The van der Waals surface area contributed by atoms with Gasteiger partial charge in [0.1, 0.15) is 5.82 Å². The third-order valence-electron chi connectivity index (χ3n) is 4.22. The summed E-state index contributed by atoms with van der Waals surface area (Å²) in [5.41, 5.74) is 0.895. The van der Waals surface area contributed by atoms with Crippen LogP contribution in [-0.4, -0.2) is 56.3 Å². The van der Waals surface area contributed by atoms with Crippen LogP contribution in [0.15, 0.2) is 29.3 Å². The molecular weight excluding hydrogens is 475 g/mol. The zero-order valence-corrected chi connectivity index (χ0v) is 17.7. The maximum Gasteiger partial charge on any atom is 0.401 e. The molecule has 0 bridgehead atoms. The van der Waals surface area contributed by atoms with Crippen molar-refractivity contribution >= 4 is 29.9 Å². The molecule has 0 radical (unpaired) electrons. The molecule has 1 aliphatic rings. The van der Waals surface area contributed by atoms with E-state index in [4.69, 9.17) is 0 Å². The minimum absolute atomic E-state index is 0. The molecule has 1 aliphatic heterocycles. The largest absolute Gasteiger partial charge is 0.401 e. The molecule has 0 saturated carbocycles. The van der Waals surface area contributed by atoms with Crippen molar-refractivity contribution in [2.24, 2.45) is 10.9 Å². The van der Waals surface area contributed by atoms with Crippen molar-refractivity contribution in [3.63, 3.8) is 0 Å². The smallest absolute Gasteiger partial charge is 0.357 e. The number of alkyl halides is 3. The molecule has 0 aromatic heterocycles. The van der Waals surface area contributed by atoms with Gasteiger partial charge in [0.2, 0.25) is 0 Å². The van der Waals surface area contributed by atoms with Gasteiger partial charge in [-0.3, -0.25) is 9.89 Å². The summed E-state index contributed by atoms with van der Waals surface area (Å²) in [4.78, 5) is 5.92. The van der Waals surface area contributed by atoms with Crippen LogP contribution in [0, 0.1) is 11.7 Å². The van der Waals surface area contributed by atoms with E-state index >= 15 is 0 Å². The Morgan fingerprint density at radius 3 is 2.74 bits per heavy atom. The fourth-order valence-electron chi connectivity index (χ4n) is 3.04. The Hall–Kier alpha value is -1.10. The molecule has 1 heterocycles. The standard InChI is InChI=1S/C18H26F4N4.HI/c1-2-23-17(24-8-6-14-4-3-5-16(19)10-14)25-11-15-7-9-26(12-15)13-18(20,21)22;/h3-5,10,15H,2,6-9,11-13H2,1H3,(H2,23,24,25);1H. The average molecular weight is 502 g/mol. The van der Waals surface area contributed by atoms with Crippen LogP contribution in [0.25, 0.3) is 0 Å². The zero-order chi connectivity index (χ0) is 19.0. The Labute approximate surface area is 174 Å². The number of rotatable bonds is 7. The van der Waals surface area contributed by atoms with Crippen LogP contribution < -0.4 is 10.6 Å². The van der Waals surface area contributed by atoms with Gasteiger partial charge in [0.05, 0.1) is 6.54 Å². The number of guanidine groups is 1. The Morgan fingerprint density at radius 2 is 2.07 bits per heavy atom. The van der Waals surface area contributed by atoms with E-state index in [9.17, 15) is 17.6 Å². The zero-order valence-electron chi connectivity index (χ0n) is 15.4. The quantitative estimate of drug-likeness (QED) is 0.260. The van der Waals surface area contributed by atoms with E-state index in [-0.39, 0.29) is 35.7 Å². The fourth-order valence-corrected chi connectivity index (χ4v) is 3.04. The third kappa shape index (κ3) is 9.59. The van der Waals surface area contributed by atoms with Gasteiger partial charge in [-0.15, -0.1) is 24.0 Å². The first kappa shape index (κ1) is 23.9. The van der Waals surface area contributed by atoms with Crippen LogP contribution in [0.1, 0.15) is 18.9 Å². The summed E-state index contributed by atoms with van der Waals surface area (Å²) in [7, 11) is 0. The monoisotopic (exact) mass is 502 g/mol. The van der Waals surface area contributed by atoms with Gasteiger partial charge < -0.3 is 10.6 Å². The van der Waals surface area contributed by atoms with E-state index in [0.29, 0.717) is 45.1 Å². The molecule has 154 valence electrons. The van der Waals surface area contributed by atoms with Crippen molar-refractivity contribution in [2.45, 2.75) is 25.9 Å². The molecule has 2 N–H and O–H groups in total. The Morgan fingerprint density at radius 1 is 1.30 bits per heavy atom. The summed E-state index contributed by atoms with van der Waals surface area (Å²) in [6.07, 6.45) is -2.77. The lowest BCUT2D eigenvalue weighted by atomic mass is 10.1. The maximum atomic E-state index is 13.2. The molecule has 2 rings (SSSR count). The molecule has 1 fully saturated rings. The van der Waals surface area contributed by atoms with Crippen molar-refractivity contribution < 1.29 is 17.6 Å². The molecule has 1 aromatic rings. The number of halogens is 5. The highest BCUT2D eigenvalue weighted by Gasteiger charge is 2.34. The van der Waals surface area contributed by atoms with Gasteiger partial charge >= 0.3 is 6.18 Å². The lowest BCUT2D eigenvalue weighted by Crippen LogP contribution is -2.38. The van der Waals surface area contributed by atoms with Crippen molar-refractivity contribution in [1.29, 1.82) is 0 Å². The number of hydrogen-bond acceptors (Lipinski definition) is 2. The lowest BCUT2D eigenvalue weighted by molar-refractivity contribution is -0.143. The summed E-state index contributed by atoms with van der Waals surface area (Å²) in [6, 6.07) is 6.45. The summed E-state index contributed by atoms with van der Waals surface area (Å²) in [5, 5.41) is 6.31. The van der Waals surface area contributed by atoms with Crippen molar-refractivity contribution in [3.05, 3.63) is 35.6 Å². The fraction of sp³-hybridized carbons (Fsp3) is 0.611. The summed E-state index contributed by atoms with van der Waals surface area (Å²) in [6.45, 7) is 3.76. The minimum atomic E-state index is -4.15. The van der Waals surface area contributed by atoms with Gasteiger partial charge in [0, 0.05) is 26.2 Å². The molecule has 1 atom stereocenters. The Bertz CT molecular complexity index is 595. The van der Waals surface area contributed by atoms with Crippen molar-refractivity contribution in [2.75, 3.05) is 39.3 Å². The molecule has 1 unspecified atom stereocenters. The number of aliphatic imine (C=N–C) groups is 1. The predicted octanol–water partition coefficient (Wildman–Crippen LogP) is 3.43. The van der Waals surface area contributed by atoms with Crippen LogP contribution in [0.3, 0.4) is 0 Å². The van der Waals surface area contributed by atoms with Crippen LogP contribution in [0.4, 0.5) is 17.6 Å². The second-order valence-electron chi connectivity index (χ2n) is 6.53. The van der Waals surface area contributed by atoms with Crippen LogP contribution >= 0.6 is 24.0 Å². The number of nitrogens with zero attached hydrogens (tertiary/aromatic N) is 2. The number of hydrogen-bond donors (Lipinski definition) is 2.